The van der Waals surface area contributed by atoms with Crippen molar-refractivity contribution in [3.05, 3.63) is 29.8 Å². The van der Waals surface area contributed by atoms with Crippen LogP contribution >= 0.6 is 0 Å². The minimum Gasteiger partial charge on any atom is -0.315 e. The van der Waals surface area contributed by atoms with Gasteiger partial charge in [-0.05, 0) is 42.0 Å². The molecule has 4 nitrogen and oxygen atoms in total. The van der Waals surface area contributed by atoms with Crippen LogP contribution in [0.2, 0.25) is 0 Å². The predicted molar refractivity (Wildman–Crippen MR) is 83.8 cm³/mol. The summed E-state index contributed by atoms with van der Waals surface area (Å²) in [5, 5.41) is 3.30. The molecule has 2 aliphatic heterocycles. The number of nitrogens with zero attached hydrogens (tertiary/aromatic N) is 1. The van der Waals surface area contributed by atoms with Crippen molar-refractivity contribution in [3.8, 4) is 0 Å². The predicted octanol–water partition coefficient (Wildman–Crippen LogP) is 1.97. The fourth-order valence-electron chi connectivity index (χ4n) is 3.37. The summed E-state index contributed by atoms with van der Waals surface area (Å²) >= 11 is 0. The number of hydrogen-bond acceptors (Lipinski definition) is 3. The lowest BCUT2D eigenvalue weighted by Crippen LogP contribution is -2.39. The molecule has 0 radical (unpaired) electrons. The first kappa shape index (κ1) is 15.0. The van der Waals surface area contributed by atoms with Crippen LogP contribution in [0.1, 0.15) is 32.8 Å². The maximum Gasteiger partial charge on any atom is 0.243 e. The van der Waals surface area contributed by atoms with Crippen LogP contribution < -0.4 is 5.32 Å². The average molecular weight is 308 g/mol. The summed E-state index contributed by atoms with van der Waals surface area (Å²) in [6, 6.07) is 7.52. The third-order valence-corrected chi connectivity index (χ3v) is 6.66. The molecule has 0 aliphatic carbocycles. The quantitative estimate of drug-likeness (QED) is 0.909. The van der Waals surface area contributed by atoms with E-state index in [-0.39, 0.29) is 11.5 Å². The zero-order valence-electron chi connectivity index (χ0n) is 13.0. The lowest BCUT2D eigenvalue weighted by Gasteiger charge is -2.24. The van der Waals surface area contributed by atoms with Crippen LogP contribution in [0.15, 0.2) is 29.2 Å². The van der Waals surface area contributed by atoms with Crippen molar-refractivity contribution in [2.45, 2.75) is 43.5 Å². The second-order valence-electron chi connectivity index (χ2n) is 7.16. The van der Waals surface area contributed by atoms with Crippen LogP contribution in [-0.4, -0.2) is 38.4 Å². The number of nitrogens with one attached hydrogen (secondary N) is 1. The third kappa shape index (κ3) is 2.62. The van der Waals surface area contributed by atoms with Gasteiger partial charge in [-0.25, -0.2) is 8.42 Å². The molecule has 0 amide bonds. The van der Waals surface area contributed by atoms with Gasteiger partial charge in [0.1, 0.15) is 0 Å². The normalized spacial score (nSPS) is 27.0. The average Bonchev–Trinajstić information content (AvgIpc) is 2.99. The van der Waals surface area contributed by atoms with E-state index < -0.39 is 10.0 Å². The molecule has 0 saturated carbocycles. The molecule has 2 saturated heterocycles. The first-order valence-corrected chi connectivity index (χ1v) is 9.07. The van der Waals surface area contributed by atoms with E-state index in [1.807, 2.05) is 12.1 Å². The molecule has 0 spiro atoms. The Morgan fingerprint density at radius 1 is 1.14 bits per heavy atom. The molecular formula is C16H24N2O2S. The van der Waals surface area contributed by atoms with E-state index in [0.29, 0.717) is 17.4 Å². The molecule has 21 heavy (non-hydrogen) atoms. The molecule has 0 unspecified atom stereocenters. The molecule has 2 aliphatic rings. The Hall–Kier alpha value is -0.910. The molecule has 3 rings (SSSR count). The highest BCUT2D eigenvalue weighted by Crippen LogP contribution is 2.33. The van der Waals surface area contributed by atoms with Crippen molar-refractivity contribution in [2.24, 2.45) is 5.92 Å². The van der Waals surface area contributed by atoms with E-state index >= 15 is 0 Å². The molecule has 2 fully saturated rings. The van der Waals surface area contributed by atoms with Gasteiger partial charge in [-0.1, -0.05) is 32.9 Å². The third-order valence-electron chi connectivity index (χ3n) is 4.72. The number of sulfonamides is 1. The molecule has 0 bridgehead atoms. The van der Waals surface area contributed by atoms with Gasteiger partial charge in [0.25, 0.3) is 0 Å². The molecule has 1 aromatic carbocycles. The largest absolute Gasteiger partial charge is 0.315 e. The van der Waals surface area contributed by atoms with E-state index in [4.69, 9.17) is 0 Å². The topological polar surface area (TPSA) is 49.4 Å². The first-order chi connectivity index (χ1) is 9.80. The zero-order chi connectivity index (χ0) is 15.3. The van der Waals surface area contributed by atoms with Gasteiger partial charge in [0.05, 0.1) is 4.90 Å². The summed E-state index contributed by atoms with van der Waals surface area (Å²) < 4.78 is 27.4. The van der Waals surface area contributed by atoms with Crippen LogP contribution in [0.4, 0.5) is 0 Å². The van der Waals surface area contributed by atoms with Crippen molar-refractivity contribution in [1.29, 1.82) is 0 Å². The van der Waals surface area contributed by atoms with Crippen LogP contribution in [0.3, 0.4) is 0 Å². The van der Waals surface area contributed by atoms with Crippen molar-refractivity contribution in [2.75, 3.05) is 19.6 Å². The Bertz CT molecular complexity index is 617. The summed E-state index contributed by atoms with van der Waals surface area (Å²) in [6.45, 7) is 8.77. The van der Waals surface area contributed by atoms with Gasteiger partial charge in [0.2, 0.25) is 10.0 Å². The van der Waals surface area contributed by atoms with Gasteiger partial charge in [-0.3, -0.25) is 0 Å². The maximum atomic E-state index is 12.8. The van der Waals surface area contributed by atoms with Gasteiger partial charge >= 0.3 is 0 Å². The number of benzene rings is 1. The highest BCUT2D eigenvalue weighted by Gasteiger charge is 2.43. The minimum absolute atomic E-state index is 0.0381. The molecular weight excluding hydrogens is 284 g/mol. The number of fused-ring (bicyclic) bond motifs is 1. The first-order valence-electron chi connectivity index (χ1n) is 7.63. The molecule has 2 heterocycles. The van der Waals surface area contributed by atoms with Gasteiger partial charge in [-0.2, -0.15) is 4.31 Å². The van der Waals surface area contributed by atoms with Crippen molar-refractivity contribution in [1.82, 2.24) is 9.62 Å². The Labute approximate surface area is 127 Å². The van der Waals surface area contributed by atoms with E-state index in [9.17, 15) is 8.42 Å². The Morgan fingerprint density at radius 3 is 2.43 bits per heavy atom. The zero-order valence-corrected chi connectivity index (χ0v) is 13.8. The van der Waals surface area contributed by atoms with Crippen molar-refractivity contribution < 1.29 is 8.42 Å². The van der Waals surface area contributed by atoms with Crippen LogP contribution in [0, 0.1) is 5.92 Å². The number of hydrogen-bond donors (Lipinski definition) is 1. The molecule has 2 atom stereocenters. The van der Waals surface area contributed by atoms with E-state index in [1.54, 1.807) is 16.4 Å². The lowest BCUT2D eigenvalue weighted by atomic mass is 9.87. The summed E-state index contributed by atoms with van der Waals surface area (Å²) in [5.74, 6) is 0.480. The monoisotopic (exact) mass is 308 g/mol. The highest BCUT2D eigenvalue weighted by molar-refractivity contribution is 7.89. The lowest BCUT2D eigenvalue weighted by molar-refractivity contribution is 0.383. The van der Waals surface area contributed by atoms with E-state index in [2.05, 4.69) is 26.1 Å². The molecule has 1 N–H and O–H groups in total. The maximum absolute atomic E-state index is 12.8. The summed E-state index contributed by atoms with van der Waals surface area (Å²) in [7, 11) is -3.36. The van der Waals surface area contributed by atoms with Crippen LogP contribution in [-0.2, 0) is 15.4 Å². The summed E-state index contributed by atoms with van der Waals surface area (Å²) in [5.41, 5.74) is 1.19. The number of rotatable bonds is 2. The van der Waals surface area contributed by atoms with E-state index in [0.717, 1.165) is 25.1 Å². The van der Waals surface area contributed by atoms with Gasteiger partial charge in [-0.15, -0.1) is 0 Å². The smallest absolute Gasteiger partial charge is 0.243 e. The molecule has 0 aromatic heterocycles. The molecule has 116 valence electrons. The summed E-state index contributed by atoms with van der Waals surface area (Å²) in [4.78, 5) is 0.419. The fraction of sp³-hybridized carbons (Fsp3) is 0.625. The molecule has 5 heteroatoms. The Balaban J connectivity index is 1.88. The van der Waals surface area contributed by atoms with Gasteiger partial charge in [0, 0.05) is 19.1 Å². The minimum atomic E-state index is -3.36. The SMILES string of the molecule is CC(C)(C)c1ccc(S(=O)(=O)N2CC[C@H]3CNC[C@H]32)cc1. The van der Waals surface area contributed by atoms with Crippen LogP contribution in [0.25, 0.3) is 0 Å². The standard InChI is InChI=1S/C16H24N2O2S/c1-16(2,3)13-4-6-14(7-5-13)21(19,20)18-9-8-12-10-17-11-15(12)18/h4-7,12,15,17H,8-11H2,1-3H3/t12-,15+/m0/s1. The van der Waals surface area contributed by atoms with E-state index in [1.165, 1.54) is 0 Å². The Kier molecular flexibility index (Phi) is 3.62. The highest BCUT2D eigenvalue weighted by atomic mass is 32.2. The van der Waals surface area contributed by atoms with Gasteiger partial charge in [0.15, 0.2) is 0 Å². The van der Waals surface area contributed by atoms with Crippen molar-refractivity contribution >= 4 is 10.0 Å². The fourth-order valence-corrected chi connectivity index (χ4v) is 5.07. The summed E-state index contributed by atoms with van der Waals surface area (Å²) in [6.07, 6.45) is 0.969. The van der Waals surface area contributed by atoms with Crippen molar-refractivity contribution in [3.63, 3.8) is 0 Å². The molecule has 1 aromatic rings. The van der Waals surface area contributed by atoms with Gasteiger partial charge < -0.3 is 5.32 Å². The second-order valence-corrected chi connectivity index (χ2v) is 9.06. The Morgan fingerprint density at radius 2 is 1.81 bits per heavy atom. The second kappa shape index (κ2) is 5.07. The van der Waals surface area contributed by atoms with Crippen LogP contribution in [0.5, 0.6) is 0 Å².